The van der Waals surface area contributed by atoms with Gasteiger partial charge in [0.05, 0.1) is 6.10 Å². The largest absolute Gasteiger partial charge is 0.393 e. The van der Waals surface area contributed by atoms with Crippen LogP contribution >= 0.6 is 0 Å². The van der Waals surface area contributed by atoms with Crippen LogP contribution in [0.3, 0.4) is 0 Å². The minimum atomic E-state index is -0.0605. The molecule has 1 rings (SSSR count). The molecule has 2 N–H and O–H groups in total. The highest BCUT2D eigenvalue weighted by Crippen LogP contribution is 2.26. The van der Waals surface area contributed by atoms with E-state index in [2.05, 4.69) is 33.0 Å². The molecule has 0 aliphatic heterocycles. The predicted molar refractivity (Wildman–Crippen MR) is 60.3 cm³/mol. The zero-order valence-electron chi connectivity index (χ0n) is 10.0. The fraction of sp³-hybridized carbons (Fsp3) is 1.00. The number of rotatable bonds is 3. The lowest BCUT2D eigenvalue weighted by atomic mass is 9.87. The Hall–Kier alpha value is -0.0800. The molecule has 0 spiro atoms. The maximum absolute atomic E-state index is 9.66. The van der Waals surface area contributed by atoms with Crippen molar-refractivity contribution in [2.24, 2.45) is 11.3 Å². The van der Waals surface area contributed by atoms with Gasteiger partial charge in [0, 0.05) is 12.6 Å². The fourth-order valence-corrected chi connectivity index (χ4v) is 1.89. The summed E-state index contributed by atoms with van der Waals surface area (Å²) in [5, 5.41) is 13.2. The lowest BCUT2D eigenvalue weighted by Crippen LogP contribution is -2.41. The van der Waals surface area contributed by atoms with Crippen LogP contribution in [0.1, 0.15) is 47.0 Å². The molecule has 1 saturated carbocycles. The van der Waals surface area contributed by atoms with Crippen LogP contribution in [0.5, 0.6) is 0 Å². The molecule has 1 aliphatic carbocycles. The summed E-state index contributed by atoms with van der Waals surface area (Å²) < 4.78 is 0. The van der Waals surface area contributed by atoms with E-state index in [0.29, 0.717) is 17.4 Å². The first-order chi connectivity index (χ1) is 6.41. The minimum absolute atomic E-state index is 0.0605. The van der Waals surface area contributed by atoms with Crippen molar-refractivity contribution >= 4 is 0 Å². The normalized spacial score (nSPS) is 30.6. The monoisotopic (exact) mass is 199 g/mol. The summed E-state index contributed by atoms with van der Waals surface area (Å²) in [7, 11) is 0. The Bertz CT molecular complexity index is 172. The van der Waals surface area contributed by atoms with E-state index in [0.717, 1.165) is 13.0 Å². The topological polar surface area (TPSA) is 32.3 Å². The second-order valence-corrected chi connectivity index (χ2v) is 5.75. The Morgan fingerprint density at radius 3 is 2.43 bits per heavy atom. The molecule has 0 saturated heterocycles. The Morgan fingerprint density at radius 1 is 1.36 bits per heavy atom. The molecule has 0 radical (unpaired) electrons. The molecule has 84 valence electrons. The first-order valence-electron chi connectivity index (χ1n) is 5.82. The van der Waals surface area contributed by atoms with Gasteiger partial charge >= 0.3 is 0 Å². The van der Waals surface area contributed by atoms with Crippen LogP contribution in [-0.2, 0) is 0 Å². The van der Waals surface area contributed by atoms with Gasteiger partial charge in [0.1, 0.15) is 0 Å². The molecule has 0 aromatic rings. The van der Waals surface area contributed by atoms with Crippen LogP contribution in [0.25, 0.3) is 0 Å². The van der Waals surface area contributed by atoms with Crippen molar-refractivity contribution in [1.82, 2.24) is 5.32 Å². The third-order valence-corrected chi connectivity index (χ3v) is 3.60. The van der Waals surface area contributed by atoms with Gasteiger partial charge in [0.25, 0.3) is 0 Å². The highest BCUT2D eigenvalue weighted by Gasteiger charge is 2.27. The number of hydrogen-bond donors (Lipinski definition) is 2. The van der Waals surface area contributed by atoms with Gasteiger partial charge in [-0.1, -0.05) is 27.2 Å². The molecule has 0 heterocycles. The van der Waals surface area contributed by atoms with Crippen molar-refractivity contribution in [3.8, 4) is 0 Å². The van der Waals surface area contributed by atoms with Crippen molar-refractivity contribution < 1.29 is 5.11 Å². The van der Waals surface area contributed by atoms with Crippen molar-refractivity contribution in [2.45, 2.75) is 59.1 Å². The Kier molecular flexibility index (Phi) is 3.96. The first-order valence-corrected chi connectivity index (χ1v) is 5.82. The maximum Gasteiger partial charge on any atom is 0.0580 e. The number of nitrogens with one attached hydrogen (secondary N) is 1. The number of aliphatic hydroxyl groups excluding tert-OH is 1. The summed E-state index contributed by atoms with van der Waals surface area (Å²) in [5.41, 5.74) is 0.309. The molecule has 3 atom stereocenters. The van der Waals surface area contributed by atoms with Gasteiger partial charge in [-0.2, -0.15) is 0 Å². The van der Waals surface area contributed by atoms with E-state index in [1.54, 1.807) is 0 Å². The van der Waals surface area contributed by atoms with Crippen molar-refractivity contribution in [3.05, 3.63) is 0 Å². The number of hydrogen-bond acceptors (Lipinski definition) is 2. The summed E-state index contributed by atoms with van der Waals surface area (Å²) in [6.45, 7) is 9.93. The zero-order chi connectivity index (χ0) is 10.8. The molecule has 0 aromatic heterocycles. The lowest BCUT2D eigenvalue weighted by Gasteiger charge is -2.30. The highest BCUT2D eigenvalue weighted by atomic mass is 16.3. The zero-order valence-corrected chi connectivity index (χ0v) is 10.0. The van der Waals surface area contributed by atoms with Crippen LogP contribution < -0.4 is 5.32 Å². The van der Waals surface area contributed by atoms with E-state index in [1.165, 1.54) is 12.8 Å². The number of aliphatic hydroxyl groups is 1. The lowest BCUT2D eigenvalue weighted by molar-refractivity contribution is 0.126. The van der Waals surface area contributed by atoms with E-state index in [9.17, 15) is 5.11 Å². The van der Waals surface area contributed by atoms with Crippen LogP contribution in [0.4, 0.5) is 0 Å². The molecular formula is C12H25NO. The average molecular weight is 199 g/mol. The molecule has 3 unspecified atom stereocenters. The molecular weight excluding hydrogens is 174 g/mol. The van der Waals surface area contributed by atoms with Crippen molar-refractivity contribution in [3.63, 3.8) is 0 Å². The minimum Gasteiger partial charge on any atom is -0.393 e. The van der Waals surface area contributed by atoms with Crippen LogP contribution in [0.2, 0.25) is 0 Å². The van der Waals surface area contributed by atoms with E-state index in [4.69, 9.17) is 0 Å². The standard InChI is InChI=1S/C12H25NO/c1-9(12(2,3)4)13-8-10-6-5-7-11(10)14/h9-11,13-14H,5-8H2,1-4H3. The predicted octanol–water partition coefficient (Wildman–Crippen LogP) is 2.17. The van der Waals surface area contributed by atoms with Gasteiger partial charge in [0.2, 0.25) is 0 Å². The smallest absolute Gasteiger partial charge is 0.0580 e. The molecule has 2 heteroatoms. The van der Waals surface area contributed by atoms with Crippen molar-refractivity contribution in [1.29, 1.82) is 0 Å². The summed E-state index contributed by atoms with van der Waals surface area (Å²) in [6, 6.07) is 0.510. The van der Waals surface area contributed by atoms with Gasteiger partial charge in [-0.3, -0.25) is 0 Å². The van der Waals surface area contributed by atoms with Gasteiger partial charge < -0.3 is 10.4 Å². The molecule has 2 nitrogen and oxygen atoms in total. The van der Waals surface area contributed by atoms with E-state index < -0.39 is 0 Å². The summed E-state index contributed by atoms with van der Waals surface area (Å²) in [6.07, 6.45) is 3.31. The maximum atomic E-state index is 9.66. The van der Waals surface area contributed by atoms with Crippen LogP contribution in [-0.4, -0.2) is 23.8 Å². The van der Waals surface area contributed by atoms with Gasteiger partial charge in [0.15, 0.2) is 0 Å². The molecule has 0 amide bonds. The van der Waals surface area contributed by atoms with Crippen LogP contribution in [0.15, 0.2) is 0 Å². The van der Waals surface area contributed by atoms with Crippen LogP contribution in [0, 0.1) is 11.3 Å². The highest BCUT2D eigenvalue weighted by molar-refractivity contribution is 4.82. The third kappa shape index (κ3) is 3.25. The molecule has 0 aromatic carbocycles. The van der Waals surface area contributed by atoms with Gasteiger partial charge in [-0.05, 0) is 31.1 Å². The summed E-state index contributed by atoms with van der Waals surface area (Å²) >= 11 is 0. The summed E-state index contributed by atoms with van der Waals surface area (Å²) in [4.78, 5) is 0. The molecule has 1 fully saturated rings. The summed E-state index contributed by atoms with van der Waals surface area (Å²) in [5.74, 6) is 0.486. The second kappa shape index (κ2) is 4.63. The van der Waals surface area contributed by atoms with E-state index in [-0.39, 0.29) is 6.10 Å². The van der Waals surface area contributed by atoms with Gasteiger partial charge in [-0.15, -0.1) is 0 Å². The Labute approximate surface area is 88.1 Å². The first kappa shape index (κ1) is 12.0. The third-order valence-electron chi connectivity index (χ3n) is 3.60. The quantitative estimate of drug-likeness (QED) is 0.730. The molecule has 1 aliphatic rings. The Balaban J connectivity index is 2.26. The average Bonchev–Trinajstić information content (AvgIpc) is 2.45. The Morgan fingerprint density at radius 2 is 2.00 bits per heavy atom. The van der Waals surface area contributed by atoms with E-state index in [1.807, 2.05) is 0 Å². The molecule has 0 bridgehead atoms. The molecule has 14 heavy (non-hydrogen) atoms. The fourth-order valence-electron chi connectivity index (χ4n) is 1.89. The second-order valence-electron chi connectivity index (χ2n) is 5.75. The SMILES string of the molecule is CC(NCC1CCCC1O)C(C)(C)C. The van der Waals surface area contributed by atoms with Crippen molar-refractivity contribution in [2.75, 3.05) is 6.54 Å². The van der Waals surface area contributed by atoms with E-state index >= 15 is 0 Å². The van der Waals surface area contributed by atoms with Gasteiger partial charge in [-0.25, -0.2) is 0 Å².